The Balaban J connectivity index is 1.74. The van der Waals surface area contributed by atoms with Crippen molar-refractivity contribution in [1.29, 1.82) is 0 Å². The van der Waals surface area contributed by atoms with E-state index in [-0.39, 0.29) is 17.3 Å². The average Bonchev–Trinajstić information content (AvgIpc) is 2.61. The number of hydrogen-bond donors (Lipinski definition) is 2. The maximum Gasteiger partial charge on any atom is 0.270 e. The van der Waals surface area contributed by atoms with Gasteiger partial charge < -0.3 is 10.6 Å². The van der Waals surface area contributed by atoms with Gasteiger partial charge in [0.05, 0.1) is 5.69 Å². The Hall–Kier alpha value is -3.28. The van der Waals surface area contributed by atoms with Crippen LogP contribution in [0.5, 0.6) is 0 Å². The van der Waals surface area contributed by atoms with Crippen LogP contribution in [0.1, 0.15) is 27.4 Å². The predicted octanol–water partition coefficient (Wildman–Crippen LogP) is 3.91. The van der Waals surface area contributed by atoms with Crippen molar-refractivity contribution in [2.24, 2.45) is 0 Å². The molecule has 1 heterocycles. The van der Waals surface area contributed by atoms with Crippen molar-refractivity contribution in [3.63, 3.8) is 0 Å². The SMILES string of the molecule is Cc1cccc(CNC(=O)c2cc(Nc3ccccc3F)nc(C)n2)c1. The minimum Gasteiger partial charge on any atom is -0.347 e. The van der Waals surface area contributed by atoms with E-state index in [2.05, 4.69) is 20.6 Å². The van der Waals surface area contributed by atoms with E-state index < -0.39 is 5.82 Å². The number of halogens is 1. The van der Waals surface area contributed by atoms with Gasteiger partial charge in [-0.25, -0.2) is 14.4 Å². The maximum absolute atomic E-state index is 13.8. The van der Waals surface area contributed by atoms with E-state index in [4.69, 9.17) is 0 Å². The van der Waals surface area contributed by atoms with E-state index in [0.29, 0.717) is 18.2 Å². The number of benzene rings is 2. The highest BCUT2D eigenvalue weighted by Crippen LogP contribution is 2.18. The first-order valence-corrected chi connectivity index (χ1v) is 8.22. The Labute approximate surface area is 151 Å². The largest absolute Gasteiger partial charge is 0.347 e. The van der Waals surface area contributed by atoms with Crippen LogP contribution < -0.4 is 10.6 Å². The van der Waals surface area contributed by atoms with Gasteiger partial charge in [-0.05, 0) is 31.5 Å². The van der Waals surface area contributed by atoms with Crippen LogP contribution in [0.25, 0.3) is 0 Å². The zero-order chi connectivity index (χ0) is 18.5. The van der Waals surface area contributed by atoms with Crippen molar-refractivity contribution in [1.82, 2.24) is 15.3 Å². The molecular weight excluding hydrogens is 331 g/mol. The normalized spacial score (nSPS) is 10.4. The molecule has 132 valence electrons. The van der Waals surface area contributed by atoms with E-state index in [9.17, 15) is 9.18 Å². The monoisotopic (exact) mass is 350 g/mol. The molecule has 0 aliphatic carbocycles. The molecule has 1 amide bonds. The Bertz CT molecular complexity index is 943. The summed E-state index contributed by atoms with van der Waals surface area (Å²) in [6.45, 7) is 4.09. The summed E-state index contributed by atoms with van der Waals surface area (Å²) in [5, 5.41) is 5.72. The summed E-state index contributed by atoms with van der Waals surface area (Å²) < 4.78 is 13.8. The molecule has 6 heteroatoms. The van der Waals surface area contributed by atoms with E-state index >= 15 is 0 Å². The van der Waals surface area contributed by atoms with Crippen LogP contribution in [0.15, 0.2) is 54.6 Å². The highest BCUT2D eigenvalue weighted by molar-refractivity contribution is 5.93. The summed E-state index contributed by atoms with van der Waals surface area (Å²) in [6, 6.07) is 15.7. The molecule has 0 saturated heterocycles. The van der Waals surface area contributed by atoms with Crippen LogP contribution in [-0.4, -0.2) is 15.9 Å². The molecule has 0 radical (unpaired) electrons. The van der Waals surface area contributed by atoms with Crippen LogP contribution in [-0.2, 0) is 6.54 Å². The number of rotatable bonds is 5. The van der Waals surface area contributed by atoms with Crippen molar-refractivity contribution < 1.29 is 9.18 Å². The zero-order valence-corrected chi connectivity index (χ0v) is 14.6. The molecule has 2 aromatic carbocycles. The third kappa shape index (κ3) is 4.42. The highest BCUT2D eigenvalue weighted by atomic mass is 19.1. The molecule has 0 aliphatic rings. The number of aryl methyl sites for hydroxylation is 2. The van der Waals surface area contributed by atoms with Gasteiger partial charge in [0.15, 0.2) is 0 Å². The molecule has 0 spiro atoms. The number of anilines is 2. The van der Waals surface area contributed by atoms with Crippen molar-refractivity contribution in [2.75, 3.05) is 5.32 Å². The summed E-state index contributed by atoms with van der Waals surface area (Å²) in [6.07, 6.45) is 0. The van der Waals surface area contributed by atoms with Gasteiger partial charge in [0.2, 0.25) is 0 Å². The van der Waals surface area contributed by atoms with E-state index in [1.54, 1.807) is 25.1 Å². The molecule has 3 rings (SSSR count). The smallest absolute Gasteiger partial charge is 0.270 e. The number of aromatic nitrogens is 2. The van der Waals surface area contributed by atoms with Crippen molar-refractivity contribution in [3.8, 4) is 0 Å². The minimum atomic E-state index is -0.394. The number of carbonyl (C=O) groups is 1. The van der Waals surface area contributed by atoms with Gasteiger partial charge >= 0.3 is 0 Å². The standard InChI is InChI=1S/C20H19FN4O/c1-13-6-5-7-15(10-13)12-22-20(26)18-11-19(24-14(2)23-18)25-17-9-4-3-8-16(17)21/h3-11H,12H2,1-2H3,(H,22,26)(H,23,24,25). The quantitative estimate of drug-likeness (QED) is 0.732. The molecule has 0 bridgehead atoms. The molecule has 5 nitrogen and oxygen atoms in total. The Kier molecular flexibility index (Phi) is 5.22. The Morgan fingerprint density at radius 2 is 1.85 bits per heavy atom. The molecule has 0 aliphatic heterocycles. The lowest BCUT2D eigenvalue weighted by Crippen LogP contribution is -2.24. The van der Waals surface area contributed by atoms with Gasteiger partial charge in [-0.2, -0.15) is 0 Å². The Morgan fingerprint density at radius 3 is 2.62 bits per heavy atom. The number of amides is 1. The highest BCUT2D eigenvalue weighted by Gasteiger charge is 2.11. The van der Waals surface area contributed by atoms with Gasteiger partial charge in [0, 0.05) is 12.6 Å². The maximum atomic E-state index is 13.8. The first kappa shape index (κ1) is 17.5. The second-order valence-corrected chi connectivity index (χ2v) is 5.96. The van der Waals surface area contributed by atoms with Gasteiger partial charge in [0.1, 0.15) is 23.2 Å². The lowest BCUT2D eigenvalue weighted by Gasteiger charge is -2.10. The molecule has 1 aromatic heterocycles. The predicted molar refractivity (Wildman–Crippen MR) is 98.8 cm³/mol. The van der Waals surface area contributed by atoms with E-state index in [1.165, 1.54) is 12.1 Å². The molecule has 0 unspecified atom stereocenters. The third-order valence-corrected chi connectivity index (χ3v) is 3.74. The van der Waals surface area contributed by atoms with Gasteiger partial charge in [-0.15, -0.1) is 0 Å². The molecule has 0 fully saturated rings. The lowest BCUT2D eigenvalue weighted by molar-refractivity contribution is 0.0945. The summed E-state index contributed by atoms with van der Waals surface area (Å²) in [7, 11) is 0. The summed E-state index contributed by atoms with van der Waals surface area (Å²) in [4.78, 5) is 20.8. The third-order valence-electron chi connectivity index (χ3n) is 3.74. The molecule has 0 saturated carbocycles. The minimum absolute atomic E-state index is 0.226. The fourth-order valence-corrected chi connectivity index (χ4v) is 2.54. The molecule has 0 atom stereocenters. The van der Waals surface area contributed by atoms with Crippen LogP contribution in [0.4, 0.5) is 15.9 Å². The van der Waals surface area contributed by atoms with E-state index in [1.807, 2.05) is 31.2 Å². The van der Waals surface area contributed by atoms with Crippen molar-refractivity contribution in [3.05, 3.63) is 83.1 Å². The van der Waals surface area contributed by atoms with Gasteiger partial charge in [-0.3, -0.25) is 4.79 Å². The molecule has 3 aromatic rings. The molecule has 26 heavy (non-hydrogen) atoms. The first-order valence-electron chi connectivity index (χ1n) is 8.22. The van der Waals surface area contributed by atoms with Crippen molar-refractivity contribution in [2.45, 2.75) is 20.4 Å². The second kappa shape index (κ2) is 7.74. The summed E-state index contributed by atoms with van der Waals surface area (Å²) >= 11 is 0. The average molecular weight is 350 g/mol. The number of carbonyl (C=O) groups excluding carboxylic acids is 1. The van der Waals surface area contributed by atoms with E-state index in [0.717, 1.165) is 11.1 Å². The topological polar surface area (TPSA) is 66.9 Å². The fraction of sp³-hybridized carbons (Fsp3) is 0.150. The number of para-hydroxylation sites is 1. The summed E-state index contributed by atoms with van der Waals surface area (Å²) in [5.74, 6) is 0.0816. The number of nitrogens with zero attached hydrogens (tertiary/aromatic N) is 2. The number of hydrogen-bond acceptors (Lipinski definition) is 4. The van der Waals surface area contributed by atoms with Gasteiger partial charge in [-0.1, -0.05) is 42.0 Å². The Morgan fingerprint density at radius 1 is 1.04 bits per heavy atom. The van der Waals surface area contributed by atoms with Crippen LogP contribution in [0, 0.1) is 19.7 Å². The van der Waals surface area contributed by atoms with Crippen molar-refractivity contribution >= 4 is 17.4 Å². The number of nitrogens with one attached hydrogen (secondary N) is 2. The fourth-order valence-electron chi connectivity index (χ4n) is 2.54. The zero-order valence-electron chi connectivity index (χ0n) is 14.6. The van der Waals surface area contributed by atoms with Crippen LogP contribution in [0.3, 0.4) is 0 Å². The second-order valence-electron chi connectivity index (χ2n) is 5.96. The molecule has 2 N–H and O–H groups in total. The van der Waals surface area contributed by atoms with Crippen LogP contribution >= 0.6 is 0 Å². The summed E-state index contributed by atoms with van der Waals surface area (Å²) in [5.41, 5.74) is 2.65. The lowest BCUT2D eigenvalue weighted by atomic mass is 10.1. The first-order chi connectivity index (χ1) is 12.5. The molecular formula is C20H19FN4O. The van der Waals surface area contributed by atoms with Crippen LogP contribution in [0.2, 0.25) is 0 Å². The van der Waals surface area contributed by atoms with Gasteiger partial charge in [0.25, 0.3) is 5.91 Å².